The van der Waals surface area contributed by atoms with E-state index in [1.807, 2.05) is 26.5 Å². The van der Waals surface area contributed by atoms with Gasteiger partial charge in [-0.2, -0.15) is 0 Å². The van der Waals surface area contributed by atoms with Crippen molar-refractivity contribution in [3.8, 4) is 33.8 Å². The molecule has 0 saturated carbocycles. The maximum atomic E-state index is 6.35. The summed E-state index contributed by atoms with van der Waals surface area (Å²) in [6.07, 6.45) is 3.80. The number of benzene rings is 2. The van der Waals surface area contributed by atoms with Crippen molar-refractivity contribution in [2.24, 2.45) is 0 Å². The van der Waals surface area contributed by atoms with Gasteiger partial charge in [-0.1, -0.05) is 50.4 Å². The highest BCUT2D eigenvalue weighted by atomic mass is 32.1. The van der Waals surface area contributed by atoms with Crippen molar-refractivity contribution in [3.63, 3.8) is 0 Å². The van der Waals surface area contributed by atoms with Crippen LogP contribution in [-0.2, 0) is 26.2 Å². The van der Waals surface area contributed by atoms with E-state index in [4.69, 9.17) is 40.9 Å². The van der Waals surface area contributed by atoms with Crippen LogP contribution in [0, 0.1) is 27.7 Å². The Balaban J connectivity index is 0.000000174. The average molecular weight is 1060 g/mol. The fourth-order valence-corrected chi connectivity index (χ4v) is 12.0. The van der Waals surface area contributed by atoms with Gasteiger partial charge in [-0.05, 0) is 119 Å². The molecular weight excluding hydrogens is 991 g/mol. The van der Waals surface area contributed by atoms with Crippen molar-refractivity contribution >= 4 is 65.3 Å². The maximum absolute atomic E-state index is 6.35. The highest BCUT2D eigenvalue weighted by molar-refractivity contribution is 7.21. The third-order valence-electron chi connectivity index (χ3n) is 14.3. The van der Waals surface area contributed by atoms with E-state index in [0.29, 0.717) is 54.9 Å². The first kappa shape index (κ1) is 52.8. The number of pyridine rings is 2. The number of ether oxygens (including phenoxy) is 2. The number of rotatable bonds is 10. The van der Waals surface area contributed by atoms with Crippen LogP contribution in [0.25, 0.3) is 42.9 Å². The third-order valence-corrected chi connectivity index (χ3v) is 16.0. The van der Waals surface area contributed by atoms with Crippen LogP contribution in [0.2, 0.25) is 0 Å². The van der Waals surface area contributed by atoms with Crippen LogP contribution in [0.4, 0.5) is 21.9 Å². The fourth-order valence-electron chi connectivity index (χ4n) is 10.7. The van der Waals surface area contributed by atoms with E-state index >= 15 is 0 Å². The molecule has 17 nitrogen and oxygen atoms in total. The first-order chi connectivity index (χ1) is 36.4. The number of nitrogens with two attached hydrogens (primary N) is 2. The van der Waals surface area contributed by atoms with Crippen LogP contribution in [0.1, 0.15) is 95.9 Å². The molecule has 0 spiro atoms. The molecule has 8 aromatic rings. The predicted octanol–water partition coefficient (Wildman–Crippen LogP) is 9.55. The SMILES string of the molecule is Cc1cc(-c2cnc3sc(N)nc3c2)cc2c1OCCN(c1nc(CN(C)C)nc(C(C)C)c1C)C2.Cc1cc(-c2cnc3sc(N)nc3c2)cc2c1OCCN(c1nc(CN3CCN(C)CC3)nc(C)c1C(C)C)C2. The third kappa shape index (κ3) is 11.4. The van der Waals surface area contributed by atoms with Gasteiger partial charge in [-0.25, -0.2) is 39.9 Å². The number of nitrogens with zero attached hydrogens (tertiary/aromatic N) is 13. The zero-order valence-corrected chi connectivity index (χ0v) is 47.5. The summed E-state index contributed by atoms with van der Waals surface area (Å²) < 4.78 is 12.6. The molecule has 0 unspecified atom stereocenters. The van der Waals surface area contributed by atoms with E-state index in [1.54, 1.807) is 0 Å². The van der Waals surface area contributed by atoms with Gasteiger partial charge >= 0.3 is 0 Å². The highest BCUT2D eigenvalue weighted by Gasteiger charge is 2.27. The molecule has 19 heteroatoms. The van der Waals surface area contributed by atoms with Crippen LogP contribution in [0.5, 0.6) is 11.5 Å². The fraction of sp³-hybridized carbons (Fsp3) is 0.439. The van der Waals surface area contributed by atoms with Crippen LogP contribution >= 0.6 is 22.7 Å². The molecule has 11 rings (SSSR count). The maximum Gasteiger partial charge on any atom is 0.182 e. The Morgan fingerprint density at radius 1 is 0.605 bits per heavy atom. The molecule has 9 heterocycles. The summed E-state index contributed by atoms with van der Waals surface area (Å²) in [6, 6.07) is 12.9. The van der Waals surface area contributed by atoms with Crippen LogP contribution in [0.3, 0.4) is 0 Å². The summed E-state index contributed by atoms with van der Waals surface area (Å²) in [4.78, 5) is 51.6. The molecule has 6 aromatic heterocycles. The second-order valence-corrected chi connectivity index (χ2v) is 23.4. The van der Waals surface area contributed by atoms with Gasteiger partial charge in [0.25, 0.3) is 0 Å². The minimum atomic E-state index is 0.313. The lowest BCUT2D eigenvalue weighted by molar-refractivity contribution is 0.145. The molecule has 4 N–H and O–H groups in total. The van der Waals surface area contributed by atoms with Crippen LogP contribution < -0.4 is 30.7 Å². The van der Waals surface area contributed by atoms with Crippen LogP contribution in [0.15, 0.2) is 48.8 Å². The van der Waals surface area contributed by atoms with Gasteiger partial charge in [0.2, 0.25) is 0 Å². The number of piperazine rings is 1. The number of thiazole rings is 2. The number of anilines is 4. The van der Waals surface area contributed by atoms with E-state index in [1.165, 1.54) is 28.2 Å². The van der Waals surface area contributed by atoms with E-state index in [9.17, 15) is 0 Å². The quantitative estimate of drug-likeness (QED) is 0.132. The molecule has 1 fully saturated rings. The number of likely N-dealkylation sites (N-methyl/N-ethyl adjacent to an activating group) is 1. The molecule has 398 valence electrons. The van der Waals surface area contributed by atoms with Gasteiger partial charge in [-0.15, -0.1) is 0 Å². The Morgan fingerprint density at radius 3 is 1.64 bits per heavy atom. The van der Waals surface area contributed by atoms with Crippen molar-refractivity contribution in [2.75, 3.05) is 94.9 Å². The zero-order chi connectivity index (χ0) is 53.5. The minimum absolute atomic E-state index is 0.313. The number of hydrogen-bond donors (Lipinski definition) is 2. The van der Waals surface area contributed by atoms with E-state index in [0.717, 1.165) is 163 Å². The standard InChI is InChI=1S/C30H38N8OS.C27H33N7OS/c1-18(2)26-20(4)33-25(17-37-8-6-36(5)7-9-37)35-28(26)38-10-11-39-27-19(3)12-21(13-23(27)16-38)22-14-24-29(32-15-22)40-30(31)34-24;1-15(2)23-17(4)25(32-22(31-23)14-33(5)6)34-7-8-35-24-16(3)9-18(10-20(24)13-34)19-11-21-26(29-12-19)36-27(28)30-21/h12-15,18H,6-11,16-17H2,1-5H3,(H2,31,34);9-12,15H,7-8,13-14H2,1-6H3,(H2,28,30). The highest BCUT2D eigenvalue weighted by Crippen LogP contribution is 2.39. The molecule has 2 aromatic carbocycles. The first-order valence-corrected chi connectivity index (χ1v) is 28.0. The number of hydrogen-bond acceptors (Lipinski definition) is 19. The number of aromatic nitrogens is 8. The second-order valence-electron chi connectivity index (χ2n) is 21.4. The van der Waals surface area contributed by atoms with Crippen molar-refractivity contribution in [1.29, 1.82) is 0 Å². The molecular formula is C57H71N15O2S2. The predicted molar refractivity (Wildman–Crippen MR) is 309 cm³/mol. The molecule has 0 atom stereocenters. The summed E-state index contributed by atoms with van der Waals surface area (Å²) in [6.45, 7) is 27.2. The topological polar surface area (TPSA) is 190 Å². The average Bonchev–Trinajstić information content (AvgIpc) is 3.75. The largest absolute Gasteiger partial charge is 0.491 e. The number of nitrogen functional groups attached to an aromatic ring is 2. The smallest absolute Gasteiger partial charge is 0.182 e. The Kier molecular flexibility index (Phi) is 15.4. The Morgan fingerprint density at radius 2 is 1.13 bits per heavy atom. The molecule has 3 aliphatic rings. The lowest BCUT2D eigenvalue weighted by Gasteiger charge is -2.32. The van der Waals surface area contributed by atoms with Crippen molar-refractivity contribution < 1.29 is 9.47 Å². The first-order valence-electron chi connectivity index (χ1n) is 26.3. The molecule has 0 amide bonds. The van der Waals surface area contributed by atoms with E-state index < -0.39 is 0 Å². The lowest BCUT2D eigenvalue weighted by atomic mass is 9.99. The monoisotopic (exact) mass is 1060 g/mol. The number of aryl methyl sites for hydroxylation is 3. The van der Waals surface area contributed by atoms with Gasteiger partial charge in [0.15, 0.2) is 10.3 Å². The van der Waals surface area contributed by atoms with Crippen molar-refractivity contribution in [3.05, 3.63) is 105 Å². The minimum Gasteiger partial charge on any atom is -0.491 e. The summed E-state index contributed by atoms with van der Waals surface area (Å²) >= 11 is 2.82. The number of fused-ring (bicyclic) bond motifs is 4. The molecule has 0 aliphatic carbocycles. The summed E-state index contributed by atoms with van der Waals surface area (Å²) in [5.41, 5.74) is 26.7. The molecule has 0 bridgehead atoms. The van der Waals surface area contributed by atoms with Gasteiger partial charge in [0, 0.05) is 90.7 Å². The van der Waals surface area contributed by atoms with E-state index in [2.05, 4.69) is 143 Å². The normalized spacial score (nSPS) is 15.4. The van der Waals surface area contributed by atoms with Crippen LogP contribution in [-0.4, -0.2) is 128 Å². The Labute approximate surface area is 454 Å². The summed E-state index contributed by atoms with van der Waals surface area (Å²) in [7, 11) is 6.28. The van der Waals surface area contributed by atoms with Crippen molar-refractivity contribution in [1.82, 2.24) is 54.6 Å². The van der Waals surface area contributed by atoms with Gasteiger partial charge in [0.1, 0.15) is 68.7 Å². The summed E-state index contributed by atoms with van der Waals surface area (Å²) in [5, 5.41) is 1.07. The lowest BCUT2D eigenvalue weighted by Crippen LogP contribution is -2.44. The second kappa shape index (κ2) is 22.1. The molecule has 76 heavy (non-hydrogen) atoms. The van der Waals surface area contributed by atoms with Gasteiger partial charge in [-0.3, -0.25) is 4.90 Å². The van der Waals surface area contributed by atoms with E-state index in [-0.39, 0.29) is 0 Å². The van der Waals surface area contributed by atoms with Crippen molar-refractivity contribution in [2.45, 2.75) is 93.4 Å². The Bertz CT molecular complexity index is 3420. The Hall–Kier alpha value is -6.64. The molecule has 1 saturated heterocycles. The van der Waals surface area contributed by atoms with Gasteiger partial charge < -0.3 is 40.5 Å². The molecule has 0 radical (unpaired) electrons. The zero-order valence-electron chi connectivity index (χ0n) is 45.9. The summed E-state index contributed by atoms with van der Waals surface area (Å²) in [5.74, 6) is 6.33. The molecule has 3 aliphatic heterocycles. The van der Waals surface area contributed by atoms with Gasteiger partial charge in [0.05, 0.1) is 31.9 Å².